The first-order chi connectivity index (χ1) is 8.58. The second-order valence-electron chi connectivity index (χ2n) is 5.29. The van der Waals surface area contributed by atoms with E-state index in [9.17, 15) is 0 Å². The van der Waals surface area contributed by atoms with E-state index in [-0.39, 0.29) is 0 Å². The maximum atomic E-state index is 6.09. The summed E-state index contributed by atoms with van der Waals surface area (Å²) in [5.74, 6) is 7.80. The molecule has 1 aliphatic rings. The molecule has 0 saturated heterocycles. The fourth-order valence-electron chi connectivity index (χ4n) is 2.80. The number of nitrogen functional groups attached to an aromatic ring is 1. The molecule has 1 aromatic rings. The number of hydrogen-bond donors (Lipinski definition) is 3. The number of aromatic nitrogens is 2. The number of nitrogens with zero attached hydrogens (tertiary/aromatic N) is 2. The summed E-state index contributed by atoms with van der Waals surface area (Å²) in [5, 5.41) is 3.93. The monoisotopic (exact) mass is 269 g/mol. The van der Waals surface area contributed by atoms with Crippen molar-refractivity contribution in [2.75, 3.05) is 10.7 Å². The standard InChI is InChI=1S/C12H20ClN5/c1-7-3-8(2)5-9(4-7)16-11-10(13)6-15-12(17-11)18-14/h6-9H,3-5,14H2,1-2H3,(H2,15,16,17,18). The second-order valence-corrected chi connectivity index (χ2v) is 5.70. The number of nitrogens with two attached hydrogens (primary N) is 1. The Hall–Kier alpha value is -1.07. The van der Waals surface area contributed by atoms with E-state index in [4.69, 9.17) is 17.4 Å². The quantitative estimate of drug-likeness (QED) is 0.581. The van der Waals surface area contributed by atoms with Crippen molar-refractivity contribution in [2.24, 2.45) is 17.7 Å². The molecule has 1 heterocycles. The Morgan fingerprint density at radius 1 is 1.28 bits per heavy atom. The third kappa shape index (κ3) is 3.23. The lowest BCUT2D eigenvalue weighted by Gasteiger charge is -2.32. The molecule has 1 saturated carbocycles. The van der Waals surface area contributed by atoms with Gasteiger partial charge in [-0.1, -0.05) is 25.4 Å². The van der Waals surface area contributed by atoms with E-state index in [1.54, 1.807) is 6.20 Å². The predicted molar refractivity (Wildman–Crippen MR) is 74.4 cm³/mol. The van der Waals surface area contributed by atoms with E-state index < -0.39 is 0 Å². The maximum Gasteiger partial charge on any atom is 0.239 e. The van der Waals surface area contributed by atoms with Crippen molar-refractivity contribution in [1.82, 2.24) is 9.97 Å². The number of hydrogen-bond acceptors (Lipinski definition) is 5. The molecule has 0 aliphatic heterocycles. The minimum Gasteiger partial charge on any atom is -0.366 e. The molecule has 1 aliphatic carbocycles. The van der Waals surface area contributed by atoms with Crippen LogP contribution >= 0.6 is 11.6 Å². The maximum absolute atomic E-state index is 6.09. The number of rotatable bonds is 3. The van der Waals surface area contributed by atoms with Crippen LogP contribution in [0.2, 0.25) is 5.02 Å². The van der Waals surface area contributed by atoms with Crippen LogP contribution in [0, 0.1) is 11.8 Å². The molecule has 4 N–H and O–H groups in total. The van der Waals surface area contributed by atoms with E-state index in [0.717, 1.165) is 24.7 Å². The van der Waals surface area contributed by atoms with Crippen molar-refractivity contribution in [3.8, 4) is 0 Å². The normalized spacial score (nSPS) is 27.9. The molecule has 6 heteroatoms. The second kappa shape index (κ2) is 5.71. The van der Waals surface area contributed by atoms with Gasteiger partial charge in [0.1, 0.15) is 5.02 Å². The van der Waals surface area contributed by atoms with Crippen LogP contribution in [-0.4, -0.2) is 16.0 Å². The molecular formula is C12H20ClN5. The molecule has 100 valence electrons. The predicted octanol–water partition coefficient (Wildman–Crippen LogP) is 2.65. The van der Waals surface area contributed by atoms with Crippen LogP contribution in [0.15, 0.2) is 6.20 Å². The first-order valence-corrected chi connectivity index (χ1v) is 6.72. The van der Waals surface area contributed by atoms with Crippen molar-refractivity contribution in [2.45, 2.75) is 39.2 Å². The molecule has 2 atom stereocenters. The van der Waals surface area contributed by atoms with E-state index >= 15 is 0 Å². The molecule has 5 nitrogen and oxygen atoms in total. The van der Waals surface area contributed by atoms with Crippen LogP contribution < -0.4 is 16.6 Å². The molecular weight excluding hydrogens is 250 g/mol. The lowest BCUT2D eigenvalue weighted by Crippen LogP contribution is -2.30. The summed E-state index contributed by atoms with van der Waals surface area (Å²) in [6, 6.07) is 0.418. The minimum absolute atomic E-state index is 0.374. The number of nitrogens with one attached hydrogen (secondary N) is 2. The highest BCUT2D eigenvalue weighted by Crippen LogP contribution is 2.31. The van der Waals surface area contributed by atoms with Gasteiger partial charge in [-0.25, -0.2) is 10.8 Å². The summed E-state index contributed by atoms with van der Waals surface area (Å²) >= 11 is 6.09. The summed E-state index contributed by atoms with van der Waals surface area (Å²) in [4.78, 5) is 8.21. The highest BCUT2D eigenvalue weighted by molar-refractivity contribution is 6.32. The van der Waals surface area contributed by atoms with Crippen LogP contribution in [0.1, 0.15) is 33.1 Å². The van der Waals surface area contributed by atoms with Gasteiger partial charge in [-0.2, -0.15) is 4.98 Å². The van der Waals surface area contributed by atoms with Crippen LogP contribution in [0.5, 0.6) is 0 Å². The zero-order chi connectivity index (χ0) is 13.1. The third-order valence-electron chi connectivity index (χ3n) is 3.39. The van der Waals surface area contributed by atoms with Gasteiger partial charge in [0.2, 0.25) is 5.95 Å². The van der Waals surface area contributed by atoms with Gasteiger partial charge in [-0.3, -0.25) is 5.43 Å². The number of anilines is 2. The summed E-state index contributed by atoms with van der Waals surface area (Å²) in [5.41, 5.74) is 2.43. The molecule has 0 amide bonds. The molecule has 1 aromatic heterocycles. The van der Waals surface area contributed by atoms with Gasteiger partial charge in [-0.15, -0.1) is 0 Å². The van der Waals surface area contributed by atoms with Crippen LogP contribution in [0.25, 0.3) is 0 Å². The average Bonchev–Trinajstić information content (AvgIpc) is 2.30. The zero-order valence-electron chi connectivity index (χ0n) is 10.8. The van der Waals surface area contributed by atoms with Crippen molar-refractivity contribution in [1.29, 1.82) is 0 Å². The van der Waals surface area contributed by atoms with Crippen LogP contribution in [-0.2, 0) is 0 Å². The molecule has 0 aromatic carbocycles. The number of halogens is 1. The molecule has 1 fully saturated rings. The Bertz CT molecular complexity index is 401. The molecule has 0 spiro atoms. The summed E-state index contributed by atoms with van der Waals surface area (Å²) < 4.78 is 0. The van der Waals surface area contributed by atoms with E-state index in [1.165, 1.54) is 6.42 Å². The van der Waals surface area contributed by atoms with Crippen LogP contribution in [0.3, 0.4) is 0 Å². The van der Waals surface area contributed by atoms with Gasteiger partial charge >= 0.3 is 0 Å². The Morgan fingerprint density at radius 3 is 2.56 bits per heavy atom. The van der Waals surface area contributed by atoms with Gasteiger partial charge in [0, 0.05) is 6.04 Å². The van der Waals surface area contributed by atoms with Crippen LogP contribution in [0.4, 0.5) is 11.8 Å². The average molecular weight is 270 g/mol. The van der Waals surface area contributed by atoms with E-state index in [0.29, 0.717) is 22.8 Å². The van der Waals surface area contributed by atoms with E-state index in [1.807, 2.05) is 0 Å². The SMILES string of the molecule is CC1CC(C)CC(Nc2nc(NN)ncc2Cl)C1. The molecule has 18 heavy (non-hydrogen) atoms. The van der Waals surface area contributed by atoms with Gasteiger partial charge in [0.05, 0.1) is 6.20 Å². The largest absolute Gasteiger partial charge is 0.366 e. The summed E-state index contributed by atoms with van der Waals surface area (Å²) in [6.07, 6.45) is 5.15. The highest BCUT2D eigenvalue weighted by atomic mass is 35.5. The van der Waals surface area contributed by atoms with Gasteiger partial charge in [0.15, 0.2) is 5.82 Å². The smallest absolute Gasteiger partial charge is 0.239 e. The van der Waals surface area contributed by atoms with Gasteiger partial charge in [-0.05, 0) is 31.1 Å². The van der Waals surface area contributed by atoms with Crippen molar-refractivity contribution >= 4 is 23.4 Å². The van der Waals surface area contributed by atoms with Crippen molar-refractivity contribution in [3.63, 3.8) is 0 Å². The Balaban J connectivity index is 2.08. The van der Waals surface area contributed by atoms with E-state index in [2.05, 4.69) is 34.6 Å². The lowest BCUT2D eigenvalue weighted by molar-refractivity contribution is 0.280. The highest BCUT2D eigenvalue weighted by Gasteiger charge is 2.24. The number of hydrazine groups is 1. The zero-order valence-corrected chi connectivity index (χ0v) is 11.5. The van der Waals surface area contributed by atoms with Gasteiger partial charge < -0.3 is 5.32 Å². The fourth-order valence-corrected chi connectivity index (χ4v) is 2.94. The topological polar surface area (TPSA) is 75.9 Å². The lowest BCUT2D eigenvalue weighted by atomic mass is 9.80. The molecule has 2 rings (SSSR count). The first-order valence-electron chi connectivity index (χ1n) is 6.34. The minimum atomic E-state index is 0.374. The molecule has 0 radical (unpaired) electrons. The Morgan fingerprint density at radius 2 is 1.94 bits per heavy atom. The summed E-state index contributed by atoms with van der Waals surface area (Å²) in [7, 11) is 0. The van der Waals surface area contributed by atoms with Crippen molar-refractivity contribution < 1.29 is 0 Å². The van der Waals surface area contributed by atoms with Crippen molar-refractivity contribution in [3.05, 3.63) is 11.2 Å². The molecule has 2 unspecified atom stereocenters. The van der Waals surface area contributed by atoms with Gasteiger partial charge in [0.25, 0.3) is 0 Å². The molecule has 0 bridgehead atoms. The first kappa shape index (κ1) is 13.4. The summed E-state index contributed by atoms with van der Waals surface area (Å²) in [6.45, 7) is 4.58. The Kier molecular flexibility index (Phi) is 4.24. The third-order valence-corrected chi connectivity index (χ3v) is 3.67. The fraction of sp³-hybridized carbons (Fsp3) is 0.667. The Labute approximate surface area is 112 Å².